The van der Waals surface area contributed by atoms with Crippen molar-refractivity contribution in [2.45, 2.75) is 17.4 Å². The monoisotopic (exact) mass is 382 g/mol. The van der Waals surface area contributed by atoms with Crippen LogP contribution in [0.15, 0.2) is 47.4 Å². The Kier molecular flexibility index (Phi) is 5.19. The van der Waals surface area contributed by atoms with Gasteiger partial charge in [-0.05, 0) is 18.2 Å². The van der Waals surface area contributed by atoms with Gasteiger partial charge in [0.25, 0.3) is 0 Å². The molecule has 9 heteroatoms. The Morgan fingerprint density at radius 2 is 1.81 bits per heavy atom. The van der Waals surface area contributed by atoms with Gasteiger partial charge < -0.3 is 10.1 Å². The lowest BCUT2D eigenvalue weighted by Gasteiger charge is -2.26. The molecule has 1 aliphatic rings. The Balaban J connectivity index is 1.67. The fraction of sp³-hybridized carbons (Fsp3) is 0.235. The van der Waals surface area contributed by atoms with Gasteiger partial charge in [-0.1, -0.05) is 24.3 Å². The predicted octanol–water partition coefficient (Wildman–Crippen LogP) is 1.88. The Hall–Kier alpha value is -2.52. The SMILES string of the molecule is O=C(CNS(=O)(=O)c1c(F)cccc1F)N[C@@H]1CCOc2ccccc21. The minimum Gasteiger partial charge on any atom is -0.493 e. The molecule has 1 atom stereocenters. The van der Waals surface area contributed by atoms with Gasteiger partial charge in [0.2, 0.25) is 15.9 Å². The number of rotatable bonds is 5. The zero-order valence-electron chi connectivity index (χ0n) is 13.5. The maximum absolute atomic E-state index is 13.6. The van der Waals surface area contributed by atoms with Crippen LogP contribution in [0.2, 0.25) is 0 Å². The van der Waals surface area contributed by atoms with Crippen LogP contribution < -0.4 is 14.8 Å². The van der Waals surface area contributed by atoms with Gasteiger partial charge in [0.1, 0.15) is 17.4 Å². The van der Waals surface area contributed by atoms with E-state index >= 15 is 0 Å². The normalized spacial score (nSPS) is 16.5. The van der Waals surface area contributed by atoms with E-state index in [0.717, 1.165) is 23.8 Å². The summed E-state index contributed by atoms with van der Waals surface area (Å²) in [5.41, 5.74) is 0.787. The van der Waals surface area contributed by atoms with Crippen LogP contribution in [-0.4, -0.2) is 27.5 Å². The second-order valence-electron chi connectivity index (χ2n) is 5.67. The summed E-state index contributed by atoms with van der Waals surface area (Å²) in [5.74, 6) is -2.42. The molecule has 1 heterocycles. The minimum absolute atomic E-state index is 0.331. The number of sulfonamides is 1. The number of carbonyl (C=O) groups excluding carboxylic acids is 1. The molecule has 0 bridgehead atoms. The van der Waals surface area contributed by atoms with Crippen molar-refractivity contribution in [3.05, 3.63) is 59.7 Å². The van der Waals surface area contributed by atoms with Crippen LogP contribution in [0, 0.1) is 11.6 Å². The van der Waals surface area contributed by atoms with Crippen molar-refractivity contribution in [3.8, 4) is 5.75 Å². The minimum atomic E-state index is -4.50. The molecule has 2 N–H and O–H groups in total. The molecule has 0 fully saturated rings. The van der Waals surface area contributed by atoms with E-state index in [9.17, 15) is 22.0 Å². The Morgan fingerprint density at radius 3 is 2.54 bits per heavy atom. The summed E-state index contributed by atoms with van der Waals surface area (Å²) in [6.07, 6.45) is 0.525. The van der Waals surface area contributed by atoms with Crippen molar-refractivity contribution in [2.24, 2.45) is 0 Å². The standard InChI is InChI=1S/C17H16F2N2O4S/c18-12-5-3-6-13(19)17(12)26(23,24)20-10-16(22)21-14-8-9-25-15-7-2-1-4-11(14)15/h1-7,14,20H,8-10H2,(H,21,22)/t14-/m1/s1. The number of carbonyl (C=O) groups is 1. The van der Waals surface area contributed by atoms with Gasteiger partial charge in [0.05, 0.1) is 19.2 Å². The third-order valence-electron chi connectivity index (χ3n) is 3.90. The summed E-state index contributed by atoms with van der Waals surface area (Å²) in [5, 5.41) is 2.69. The molecule has 138 valence electrons. The van der Waals surface area contributed by atoms with Gasteiger partial charge in [-0.3, -0.25) is 4.79 Å². The second-order valence-corrected chi connectivity index (χ2v) is 7.37. The lowest BCUT2D eigenvalue weighted by atomic mass is 10.0. The number of halogens is 2. The van der Waals surface area contributed by atoms with E-state index in [-0.39, 0.29) is 6.04 Å². The van der Waals surface area contributed by atoms with Gasteiger partial charge in [0.15, 0.2) is 4.90 Å². The molecule has 0 aliphatic carbocycles. The zero-order valence-corrected chi connectivity index (χ0v) is 14.4. The van der Waals surface area contributed by atoms with Crippen molar-refractivity contribution in [1.82, 2.24) is 10.0 Å². The van der Waals surface area contributed by atoms with Crippen LogP contribution in [0.5, 0.6) is 5.75 Å². The van der Waals surface area contributed by atoms with E-state index in [1.807, 2.05) is 4.72 Å². The summed E-state index contributed by atoms with van der Waals surface area (Å²) in [4.78, 5) is 11.0. The molecular formula is C17H16F2N2O4S. The topological polar surface area (TPSA) is 84.5 Å². The zero-order chi connectivity index (χ0) is 18.7. The summed E-state index contributed by atoms with van der Waals surface area (Å²) < 4.78 is 58.8. The van der Waals surface area contributed by atoms with E-state index in [2.05, 4.69) is 5.32 Å². The fourth-order valence-electron chi connectivity index (χ4n) is 2.71. The van der Waals surface area contributed by atoms with Crippen molar-refractivity contribution in [2.75, 3.05) is 13.2 Å². The third kappa shape index (κ3) is 3.83. The van der Waals surface area contributed by atoms with Crippen molar-refractivity contribution in [1.29, 1.82) is 0 Å². The molecule has 2 aromatic rings. The van der Waals surface area contributed by atoms with Crippen LogP contribution >= 0.6 is 0 Å². The highest BCUT2D eigenvalue weighted by Gasteiger charge is 2.26. The van der Waals surface area contributed by atoms with Crippen LogP contribution in [0.25, 0.3) is 0 Å². The molecular weight excluding hydrogens is 366 g/mol. The first-order valence-electron chi connectivity index (χ1n) is 7.83. The van der Waals surface area contributed by atoms with Crippen LogP contribution in [0.1, 0.15) is 18.0 Å². The van der Waals surface area contributed by atoms with Crippen LogP contribution in [0.4, 0.5) is 8.78 Å². The van der Waals surface area contributed by atoms with Gasteiger partial charge in [-0.25, -0.2) is 21.9 Å². The maximum atomic E-state index is 13.6. The fourth-order valence-corrected chi connectivity index (χ4v) is 3.82. The largest absolute Gasteiger partial charge is 0.493 e. The number of nitrogens with one attached hydrogen (secondary N) is 2. The molecule has 26 heavy (non-hydrogen) atoms. The van der Waals surface area contributed by atoms with E-state index in [1.54, 1.807) is 24.3 Å². The van der Waals surface area contributed by atoms with Gasteiger partial charge in [0, 0.05) is 12.0 Å². The van der Waals surface area contributed by atoms with E-state index in [1.165, 1.54) is 0 Å². The van der Waals surface area contributed by atoms with E-state index < -0.39 is 39.0 Å². The first kappa shape index (κ1) is 18.3. The molecule has 3 rings (SSSR count). The lowest BCUT2D eigenvalue weighted by molar-refractivity contribution is -0.120. The number of fused-ring (bicyclic) bond motifs is 1. The molecule has 6 nitrogen and oxygen atoms in total. The average molecular weight is 382 g/mol. The molecule has 0 radical (unpaired) electrons. The van der Waals surface area contributed by atoms with Crippen molar-refractivity contribution >= 4 is 15.9 Å². The highest BCUT2D eigenvalue weighted by molar-refractivity contribution is 7.89. The molecule has 1 aliphatic heterocycles. The molecule has 0 unspecified atom stereocenters. The molecule has 0 saturated heterocycles. The second kappa shape index (κ2) is 7.38. The maximum Gasteiger partial charge on any atom is 0.246 e. The molecule has 0 saturated carbocycles. The number of para-hydroxylation sites is 1. The first-order chi connectivity index (χ1) is 12.4. The summed E-state index contributed by atoms with van der Waals surface area (Å²) >= 11 is 0. The summed E-state index contributed by atoms with van der Waals surface area (Å²) in [6.45, 7) is -0.232. The van der Waals surface area contributed by atoms with Gasteiger partial charge >= 0.3 is 0 Å². The van der Waals surface area contributed by atoms with E-state index in [4.69, 9.17) is 4.74 Å². The molecule has 0 aromatic heterocycles. The predicted molar refractivity (Wildman–Crippen MR) is 89.0 cm³/mol. The smallest absolute Gasteiger partial charge is 0.246 e. The highest BCUT2D eigenvalue weighted by atomic mass is 32.2. The summed E-state index contributed by atoms with van der Waals surface area (Å²) in [6, 6.07) is 9.57. The first-order valence-corrected chi connectivity index (χ1v) is 9.31. The Bertz CT molecular complexity index is 914. The number of hydrogen-bond donors (Lipinski definition) is 2. The van der Waals surface area contributed by atoms with Crippen LogP contribution in [0.3, 0.4) is 0 Å². The quantitative estimate of drug-likeness (QED) is 0.827. The van der Waals surface area contributed by atoms with Gasteiger partial charge in [-0.15, -0.1) is 0 Å². The van der Waals surface area contributed by atoms with Gasteiger partial charge in [-0.2, -0.15) is 0 Å². The van der Waals surface area contributed by atoms with Crippen LogP contribution in [-0.2, 0) is 14.8 Å². The van der Waals surface area contributed by atoms with E-state index in [0.29, 0.717) is 18.8 Å². The molecule has 1 amide bonds. The Labute approximate surface area is 149 Å². The Morgan fingerprint density at radius 1 is 1.12 bits per heavy atom. The number of ether oxygens (including phenoxy) is 1. The highest BCUT2D eigenvalue weighted by Crippen LogP contribution is 2.31. The molecule has 2 aromatic carbocycles. The number of amides is 1. The third-order valence-corrected chi connectivity index (χ3v) is 5.36. The average Bonchev–Trinajstić information content (AvgIpc) is 2.60. The lowest BCUT2D eigenvalue weighted by Crippen LogP contribution is -2.40. The summed E-state index contributed by atoms with van der Waals surface area (Å²) in [7, 11) is -4.50. The number of hydrogen-bond acceptors (Lipinski definition) is 4. The molecule has 0 spiro atoms. The number of benzene rings is 2. The van der Waals surface area contributed by atoms with Crippen molar-refractivity contribution in [3.63, 3.8) is 0 Å². The van der Waals surface area contributed by atoms with Crippen molar-refractivity contribution < 1.29 is 26.7 Å².